The van der Waals surface area contributed by atoms with Crippen molar-refractivity contribution < 1.29 is 0 Å². The molecule has 18 aromatic rings. The summed E-state index contributed by atoms with van der Waals surface area (Å²) in [6.07, 6.45) is 0. The number of hydrogen-bond donors (Lipinski definition) is 0. The van der Waals surface area contributed by atoms with Crippen LogP contribution in [0, 0.1) is 0 Å². The quantitative estimate of drug-likeness (QED) is 0.151. The minimum absolute atomic E-state index is 0.640. The van der Waals surface area contributed by atoms with Gasteiger partial charge in [0, 0.05) is 66.3 Å². The molecule has 420 valence electrons. The third-order valence-corrected chi connectivity index (χ3v) is 17.2. The topological polar surface area (TPSA) is 87.2 Å². The van der Waals surface area contributed by atoms with E-state index in [-0.39, 0.29) is 0 Å². The van der Waals surface area contributed by atoms with Crippen LogP contribution in [0.5, 0.6) is 0 Å². The van der Waals surface area contributed by atoms with Gasteiger partial charge in [-0.1, -0.05) is 255 Å². The maximum atomic E-state index is 5.00. The molecule has 14 aromatic carbocycles. The first-order chi connectivity index (χ1) is 44.6. The van der Waals surface area contributed by atoms with E-state index < -0.39 is 0 Å². The molecule has 4 heterocycles. The molecule has 18 rings (SSSR count). The molecule has 4 aromatic heterocycles. The van der Waals surface area contributed by atoms with Crippen LogP contribution in [0.1, 0.15) is 0 Å². The maximum absolute atomic E-state index is 5.00. The van der Waals surface area contributed by atoms with Gasteiger partial charge < -0.3 is 9.13 Å². The van der Waals surface area contributed by atoms with E-state index >= 15 is 0 Å². The molecule has 0 N–H and O–H groups in total. The fourth-order valence-corrected chi connectivity index (χ4v) is 13.1. The molecule has 0 fully saturated rings. The lowest BCUT2D eigenvalue weighted by Gasteiger charge is -2.12. The van der Waals surface area contributed by atoms with Crippen molar-refractivity contribution in [2.24, 2.45) is 0 Å². The zero-order valence-corrected chi connectivity index (χ0v) is 48.6. The number of aromatic nitrogens is 8. The lowest BCUT2D eigenvalue weighted by molar-refractivity contribution is 1.07. The standard InChI is InChI=1S/2C41H26N4/c1-3-14-29(15-4-1)39-42-40(30-16-5-2-6-17-30)44-41(43-39)31-18-11-19-32(26-31)45-35-24-22-27-12-7-9-20-33(27)37(35)38-34-21-10-8-13-28(34)23-25-36(38)45;1-3-13-29(14-4-1)39-42-40(30-15-5-2-6-16-30)44-41(43-39)31-19-23-32(24-20-31)45-35-25-21-27-11-7-9-17-33(27)37(35)38-34-18-10-8-12-28(34)22-26-36(38)45/h2*1-26H. The van der Waals surface area contributed by atoms with Crippen LogP contribution >= 0.6 is 0 Å². The number of nitrogens with zero attached hydrogens (tertiary/aromatic N) is 8. The van der Waals surface area contributed by atoms with Crippen molar-refractivity contribution in [1.82, 2.24) is 39.0 Å². The van der Waals surface area contributed by atoms with E-state index in [0.29, 0.717) is 34.9 Å². The molecule has 0 bridgehead atoms. The van der Waals surface area contributed by atoms with Crippen LogP contribution in [0.3, 0.4) is 0 Å². The molecule has 0 aliphatic heterocycles. The first-order valence-electron chi connectivity index (χ1n) is 30.3. The molecule has 0 aliphatic carbocycles. The minimum atomic E-state index is 0.640. The highest BCUT2D eigenvalue weighted by Crippen LogP contribution is 2.43. The number of benzene rings is 14. The molecule has 90 heavy (non-hydrogen) atoms. The zero-order valence-electron chi connectivity index (χ0n) is 48.6. The second kappa shape index (κ2) is 21.9. The molecule has 0 spiro atoms. The smallest absolute Gasteiger partial charge is 0.164 e. The third-order valence-electron chi connectivity index (χ3n) is 17.2. The summed E-state index contributed by atoms with van der Waals surface area (Å²) in [4.78, 5) is 29.6. The van der Waals surface area contributed by atoms with Crippen LogP contribution in [-0.4, -0.2) is 39.0 Å². The normalized spacial score (nSPS) is 11.6. The fraction of sp³-hybridized carbons (Fsp3) is 0. The van der Waals surface area contributed by atoms with Crippen molar-refractivity contribution in [3.05, 3.63) is 315 Å². The van der Waals surface area contributed by atoms with Crippen molar-refractivity contribution in [2.45, 2.75) is 0 Å². The summed E-state index contributed by atoms with van der Waals surface area (Å²) in [5, 5.41) is 15.1. The van der Waals surface area contributed by atoms with Crippen LogP contribution < -0.4 is 0 Å². The highest BCUT2D eigenvalue weighted by atomic mass is 15.0. The van der Waals surface area contributed by atoms with Gasteiger partial charge in [0.15, 0.2) is 34.9 Å². The summed E-state index contributed by atoms with van der Waals surface area (Å²) in [6.45, 7) is 0. The summed E-state index contributed by atoms with van der Waals surface area (Å²) < 4.78 is 4.76. The minimum Gasteiger partial charge on any atom is -0.309 e. The van der Waals surface area contributed by atoms with Crippen molar-refractivity contribution in [2.75, 3.05) is 0 Å². The van der Waals surface area contributed by atoms with Crippen molar-refractivity contribution >= 4 is 86.7 Å². The van der Waals surface area contributed by atoms with Crippen LogP contribution in [-0.2, 0) is 0 Å². The lowest BCUT2D eigenvalue weighted by atomic mass is 10.00. The highest BCUT2D eigenvalue weighted by Gasteiger charge is 2.21. The van der Waals surface area contributed by atoms with Crippen molar-refractivity contribution in [1.29, 1.82) is 0 Å². The Labute approximate surface area is 518 Å². The Balaban J connectivity index is 0.000000139. The Bertz CT molecular complexity index is 5470. The largest absolute Gasteiger partial charge is 0.309 e. The average Bonchev–Trinajstić information content (AvgIpc) is 1.58. The van der Waals surface area contributed by atoms with Crippen molar-refractivity contribution in [3.63, 3.8) is 0 Å². The van der Waals surface area contributed by atoms with E-state index in [1.54, 1.807) is 0 Å². The Kier molecular flexibility index (Phi) is 12.7. The SMILES string of the molecule is c1ccc(-c2nc(-c3ccccc3)nc(-c3ccc(-n4c5ccc6ccccc6c5c5c6ccccc6ccc54)cc3)n2)cc1.c1ccc(-c2nc(-c3ccccc3)nc(-c3cccc(-n4c5ccc6ccccc6c5c5c6ccccc6ccc54)c3)n2)cc1. The van der Waals surface area contributed by atoms with Gasteiger partial charge in [-0.15, -0.1) is 0 Å². The van der Waals surface area contributed by atoms with E-state index in [4.69, 9.17) is 29.9 Å². The van der Waals surface area contributed by atoms with Gasteiger partial charge in [0.25, 0.3) is 0 Å². The summed E-state index contributed by atoms with van der Waals surface area (Å²) >= 11 is 0. The zero-order chi connectivity index (χ0) is 59.5. The van der Waals surface area contributed by atoms with Gasteiger partial charge in [-0.25, -0.2) is 29.9 Å². The van der Waals surface area contributed by atoms with Gasteiger partial charge in [0.1, 0.15) is 0 Å². The van der Waals surface area contributed by atoms with Gasteiger partial charge >= 0.3 is 0 Å². The van der Waals surface area contributed by atoms with Gasteiger partial charge in [0.2, 0.25) is 0 Å². The molecule has 0 unspecified atom stereocenters. The predicted molar refractivity (Wildman–Crippen MR) is 371 cm³/mol. The molecule has 0 saturated carbocycles. The first-order valence-corrected chi connectivity index (χ1v) is 30.3. The predicted octanol–water partition coefficient (Wildman–Crippen LogP) is 20.6. The molecule has 0 radical (unpaired) electrons. The summed E-state index contributed by atoms with van der Waals surface area (Å²) in [5.41, 5.74) is 12.5. The summed E-state index contributed by atoms with van der Waals surface area (Å²) in [7, 11) is 0. The van der Waals surface area contributed by atoms with E-state index in [2.05, 4.69) is 203 Å². The number of rotatable bonds is 8. The number of fused-ring (bicyclic) bond motifs is 14. The van der Waals surface area contributed by atoms with Crippen LogP contribution in [0.25, 0.3) is 166 Å². The van der Waals surface area contributed by atoms with Gasteiger partial charge in [0.05, 0.1) is 22.1 Å². The van der Waals surface area contributed by atoms with E-state index in [9.17, 15) is 0 Å². The van der Waals surface area contributed by atoms with E-state index in [1.165, 1.54) is 86.7 Å². The first kappa shape index (κ1) is 52.1. The summed E-state index contributed by atoms with van der Waals surface area (Å²) in [6, 6.07) is 110. The third kappa shape index (κ3) is 9.09. The highest BCUT2D eigenvalue weighted by molar-refractivity contribution is 6.30. The molecule has 0 atom stereocenters. The molecule has 0 saturated heterocycles. The fourth-order valence-electron chi connectivity index (χ4n) is 13.1. The Morgan fingerprint density at radius 1 is 0.178 bits per heavy atom. The maximum Gasteiger partial charge on any atom is 0.164 e. The van der Waals surface area contributed by atoms with Gasteiger partial charge in [-0.2, -0.15) is 0 Å². The molecule has 0 aliphatic rings. The van der Waals surface area contributed by atoms with Crippen LogP contribution in [0.2, 0.25) is 0 Å². The molecular weight excluding hydrogens is 1100 g/mol. The Morgan fingerprint density at radius 2 is 0.433 bits per heavy atom. The van der Waals surface area contributed by atoms with E-state index in [0.717, 1.165) is 44.8 Å². The summed E-state index contributed by atoms with van der Waals surface area (Å²) in [5.74, 6) is 3.91. The Hall–Kier alpha value is -12.3. The molecule has 8 nitrogen and oxygen atoms in total. The Morgan fingerprint density at radius 3 is 0.756 bits per heavy atom. The second-order valence-electron chi connectivity index (χ2n) is 22.6. The molecule has 8 heteroatoms. The second-order valence-corrected chi connectivity index (χ2v) is 22.6. The average molecular weight is 1150 g/mol. The van der Waals surface area contributed by atoms with Crippen LogP contribution in [0.15, 0.2) is 315 Å². The van der Waals surface area contributed by atoms with E-state index in [1.807, 2.05) is 121 Å². The monoisotopic (exact) mass is 1150 g/mol. The molecule has 0 amide bonds. The van der Waals surface area contributed by atoms with Gasteiger partial charge in [-0.05, 0) is 104 Å². The van der Waals surface area contributed by atoms with Gasteiger partial charge in [-0.3, -0.25) is 0 Å². The van der Waals surface area contributed by atoms with Crippen LogP contribution in [0.4, 0.5) is 0 Å². The molecular formula is C82H52N8. The lowest BCUT2D eigenvalue weighted by Crippen LogP contribution is -2.01. The van der Waals surface area contributed by atoms with Crippen molar-refractivity contribution in [3.8, 4) is 79.7 Å². The number of hydrogen-bond acceptors (Lipinski definition) is 6.